The topological polar surface area (TPSA) is 136 Å². The molecular formula is C19H19N5O5S. The van der Waals surface area contributed by atoms with Crippen LogP contribution in [0.3, 0.4) is 0 Å². The highest BCUT2D eigenvalue weighted by Gasteiger charge is 2.19. The average molecular weight is 429 g/mol. The van der Waals surface area contributed by atoms with Crippen molar-refractivity contribution in [2.75, 3.05) is 10.0 Å². The summed E-state index contributed by atoms with van der Waals surface area (Å²) in [7, 11) is -3.93. The van der Waals surface area contributed by atoms with Crippen molar-refractivity contribution in [1.29, 1.82) is 0 Å². The number of nitro groups is 1. The number of carbonyl (C=O) groups excluding carboxylic acids is 1. The van der Waals surface area contributed by atoms with Crippen LogP contribution in [0, 0.1) is 17.0 Å². The standard InChI is InChI=1S/C19H19N5O5S/c1-3-19(25)20-14-4-10-17(11-5-14)30(28,29)22-18-12-13(2)21-23(18)15-6-8-16(9-7-15)24(26)27/h4-12,22H,3H2,1-2H3,(H,20,25). The van der Waals surface area contributed by atoms with Gasteiger partial charge in [-0.2, -0.15) is 5.10 Å². The van der Waals surface area contributed by atoms with E-state index in [1.807, 2.05) is 0 Å². The van der Waals surface area contributed by atoms with E-state index in [1.54, 1.807) is 19.9 Å². The lowest BCUT2D eigenvalue weighted by Gasteiger charge is -2.11. The molecule has 2 N–H and O–H groups in total. The van der Waals surface area contributed by atoms with Crippen molar-refractivity contribution in [3.63, 3.8) is 0 Å². The van der Waals surface area contributed by atoms with Crippen LogP contribution >= 0.6 is 0 Å². The number of anilines is 2. The van der Waals surface area contributed by atoms with E-state index < -0.39 is 14.9 Å². The summed E-state index contributed by atoms with van der Waals surface area (Å²) < 4.78 is 29.4. The first-order valence-electron chi connectivity index (χ1n) is 8.94. The van der Waals surface area contributed by atoms with Gasteiger partial charge >= 0.3 is 0 Å². The number of non-ortho nitro benzene ring substituents is 1. The SMILES string of the molecule is CCC(=O)Nc1ccc(S(=O)(=O)Nc2cc(C)nn2-c2ccc([N+](=O)[O-])cc2)cc1. The van der Waals surface area contributed by atoms with Gasteiger partial charge < -0.3 is 5.32 Å². The van der Waals surface area contributed by atoms with Crippen molar-refractivity contribution in [2.45, 2.75) is 25.2 Å². The number of sulfonamides is 1. The molecule has 0 aliphatic carbocycles. The molecule has 0 fully saturated rings. The Hall–Kier alpha value is -3.73. The van der Waals surface area contributed by atoms with Crippen LogP contribution in [0.4, 0.5) is 17.2 Å². The second-order valence-corrected chi connectivity index (χ2v) is 8.07. The zero-order chi connectivity index (χ0) is 21.9. The van der Waals surface area contributed by atoms with Crippen molar-refractivity contribution in [3.05, 3.63) is 70.4 Å². The van der Waals surface area contributed by atoms with Gasteiger partial charge in [0.2, 0.25) is 5.91 Å². The van der Waals surface area contributed by atoms with E-state index >= 15 is 0 Å². The zero-order valence-corrected chi connectivity index (χ0v) is 17.0. The zero-order valence-electron chi connectivity index (χ0n) is 16.2. The summed E-state index contributed by atoms with van der Waals surface area (Å²) >= 11 is 0. The van der Waals surface area contributed by atoms with Crippen LogP contribution in [0.2, 0.25) is 0 Å². The predicted octanol–water partition coefficient (Wildman–Crippen LogP) is 3.24. The van der Waals surface area contributed by atoms with E-state index in [0.717, 1.165) is 0 Å². The first kappa shape index (κ1) is 21.0. The molecule has 0 atom stereocenters. The van der Waals surface area contributed by atoms with E-state index in [-0.39, 0.29) is 22.3 Å². The van der Waals surface area contributed by atoms with Gasteiger partial charge in [0.05, 0.1) is 21.2 Å². The van der Waals surface area contributed by atoms with Gasteiger partial charge in [-0.05, 0) is 43.3 Å². The lowest BCUT2D eigenvalue weighted by molar-refractivity contribution is -0.384. The van der Waals surface area contributed by atoms with Crippen LogP contribution in [-0.4, -0.2) is 29.0 Å². The Bertz CT molecular complexity index is 1190. The molecule has 11 heteroatoms. The number of nitrogens with one attached hydrogen (secondary N) is 2. The molecule has 0 saturated carbocycles. The van der Waals surface area contributed by atoms with Crippen molar-refractivity contribution in [1.82, 2.24) is 9.78 Å². The van der Waals surface area contributed by atoms with Crippen LogP contribution in [0.5, 0.6) is 0 Å². The molecule has 0 spiro atoms. The number of aromatic nitrogens is 2. The molecule has 10 nitrogen and oxygen atoms in total. The number of rotatable bonds is 7. The van der Waals surface area contributed by atoms with E-state index in [1.165, 1.54) is 53.2 Å². The molecule has 30 heavy (non-hydrogen) atoms. The van der Waals surface area contributed by atoms with Gasteiger partial charge in [0.15, 0.2) is 0 Å². The van der Waals surface area contributed by atoms with Gasteiger partial charge in [-0.15, -0.1) is 0 Å². The number of nitro benzene ring substituents is 1. The number of carbonyl (C=O) groups is 1. The molecule has 1 heterocycles. The maximum atomic E-state index is 12.8. The first-order chi connectivity index (χ1) is 14.2. The highest BCUT2D eigenvalue weighted by Crippen LogP contribution is 2.23. The number of amides is 1. The molecule has 0 aliphatic rings. The summed E-state index contributed by atoms with van der Waals surface area (Å²) in [4.78, 5) is 21.8. The minimum atomic E-state index is -3.93. The maximum Gasteiger partial charge on any atom is 0.269 e. The number of hydrogen-bond donors (Lipinski definition) is 2. The molecule has 0 aliphatic heterocycles. The monoisotopic (exact) mass is 429 g/mol. The van der Waals surface area contributed by atoms with Crippen LogP contribution in [-0.2, 0) is 14.8 Å². The lowest BCUT2D eigenvalue weighted by Crippen LogP contribution is -2.16. The summed E-state index contributed by atoms with van der Waals surface area (Å²) in [6.07, 6.45) is 0.313. The fourth-order valence-corrected chi connectivity index (χ4v) is 3.68. The molecule has 0 saturated heterocycles. The summed E-state index contributed by atoms with van der Waals surface area (Å²) in [6, 6.07) is 12.9. The molecular weight excluding hydrogens is 410 g/mol. The fourth-order valence-electron chi connectivity index (χ4n) is 2.65. The normalized spacial score (nSPS) is 11.1. The molecule has 156 valence electrons. The van der Waals surface area contributed by atoms with Crippen LogP contribution < -0.4 is 10.0 Å². The number of aryl methyl sites for hydroxylation is 1. The smallest absolute Gasteiger partial charge is 0.269 e. The Morgan fingerprint density at radius 2 is 1.77 bits per heavy atom. The van der Waals surface area contributed by atoms with Gasteiger partial charge in [-0.3, -0.25) is 19.6 Å². The lowest BCUT2D eigenvalue weighted by atomic mass is 10.3. The number of nitrogens with zero attached hydrogens (tertiary/aromatic N) is 3. The Morgan fingerprint density at radius 1 is 1.13 bits per heavy atom. The van der Waals surface area contributed by atoms with Crippen molar-refractivity contribution in [3.8, 4) is 5.69 Å². The first-order valence-corrected chi connectivity index (χ1v) is 10.4. The molecule has 1 aromatic heterocycles. The molecule has 3 aromatic rings. The Labute approximate surface area is 172 Å². The predicted molar refractivity (Wildman–Crippen MR) is 111 cm³/mol. The Balaban J connectivity index is 1.87. The molecule has 0 unspecified atom stereocenters. The fraction of sp³-hybridized carbons (Fsp3) is 0.158. The van der Waals surface area contributed by atoms with E-state index in [2.05, 4.69) is 15.1 Å². The van der Waals surface area contributed by atoms with E-state index in [9.17, 15) is 23.3 Å². The van der Waals surface area contributed by atoms with Gasteiger partial charge in [-0.1, -0.05) is 6.92 Å². The van der Waals surface area contributed by atoms with Crippen molar-refractivity contribution >= 4 is 33.1 Å². The Kier molecular flexibility index (Phi) is 5.83. The Morgan fingerprint density at radius 3 is 2.33 bits per heavy atom. The quantitative estimate of drug-likeness (QED) is 0.437. The summed E-state index contributed by atoms with van der Waals surface area (Å²) in [5.74, 6) is 0.0101. The van der Waals surface area contributed by atoms with Crippen LogP contribution in [0.25, 0.3) is 5.69 Å². The average Bonchev–Trinajstić information content (AvgIpc) is 3.07. The van der Waals surface area contributed by atoms with Crippen molar-refractivity contribution < 1.29 is 18.1 Å². The minimum absolute atomic E-state index is 0.00565. The molecule has 2 aromatic carbocycles. The second-order valence-electron chi connectivity index (χ2n) is 6.39. The maximum absolute atomic E-state index is 12.8. The van der Waals surface area contributed by atoms with Gasteiger partial charge in [0, 0.05) is 30.3 Å². The second kappa shape index (κ2) is 8.33. The van der Waals surface area contributed by atoms with Gasteiger partial charge in [0.25, 0.3) is 15.7 Å². The molecule has 3 rings (SSSR count). The third kappa shape index (κ3) is 4.63. The molecule has 1 amide bonds. The highest BCUT2D eigenvalue weighted by atomic mass is 32.2. The number of hydrogen-bond acceptors (Lipinski definition) is 6. The summed E-state index contributed by atoms with van der Waals surface area (Å²) in [5, 5.41) is 17.7. The van der Waals surface area contributed by atoms with E-state index in [0.29, 0.717) is 23.5 Å². The molecule has 0 radical (unpaired) electrons. The largest absolute Gasteiger partial charge is 0.326 e. The third-order valence-corrected chi connectivity index (χ3v) is 5.52. The van der Waals surface area contributed by atoms with Crippen LogP contribution in [0.1, 0.15) is 19.0 Å². The van der Waals surface area contributed by atoms with Crippen LogP contribution in [0.15, 0.2) is 59.5 Å². The van der Waals surface area contributed by atoms with Gasteiger partial charge in [0.1, 0.15) is 5.82 Å². The highest BCUT2D eigenvalue weighted by molar-refractivity contribution is 7.92. The summed E-state index contributed by atoms with van der Waals surface area (Å²) in [6.45, 7) is 3.42. The minimum Gasteiger partial charge on any atom is -0.326 e. The number of benzene rings is 2. The molecule has 0 bridgehead atoms. The summed E-state index contributed by atoms with van der Waals surface area (Å²) in [5.41, 5.74) is 1.43. The van der Waals surface area contributed by atoms with Crippen molar-refractivity contribution in [2.24, 2.45) is 0 Å². The van der Waals surface area contributed by atoms with Gasteiger partial charge in [-0.25, -0.2) is 13.1 Å². The third-order valence-electron chi connectivity index (χ3n) is 4.15. The van der Waals surface area contributed by atoms with E-state index in [4.69, 9.17) is 0 Å².